The Bertz CT molecular complexity index is 3330. The van der Waals surface area contributed by atoms with Crippen molar-refractivity contribution >= 4 is 53.9 Å². The predicted octanol–water partition coefficient (Wildman–Crippen LogP) is 16.9. The largest absolute Gasteiger partial charge is 0.0622 e. The van der Waals surface area contributed by atoms with Gasteiger partial charge in [0.2, 0.25) is 0 Å². The summed E-state index contributed by atoms with van der Waals surface area (Å²) in [6.45, 7) is 0. The number of fused-ring (bicyclic) bond motifs is 2. The van der Waals surface area contributed by atoms with Gasteiger partial charge in [0.1, 0.15) is 0 Å². The van der Waals surface area contributed by atoms with Gasteiger partial charge in [0.15, 0.2) is 0 Å². The van der Waals surface area contributed by atoms with E-state index in [0.29, 0.717) is 0 Å². The van der Waals surface area contributed by atoms with Crippen molar-refractivity contribution in [3.63, 3.8) is 0 Å². The lowest BCUT2D eigenvalue weighted by Gasteiger charge is -2.22. The van der Waals surface area contributed by atoms with Crippen molar-refractivity contribution < 1.29 is 0 Å². The molecule has 0 heteroatoms. The molecule has 0 atom stereocenters. The Morgan fingerprint density at radius 1 is 0.167 bits per heavy atom. The zero-order valence-corrected chi connectivity index (χ0v) is 32.9. The van der Waals surface area contributed by atoms with Crippen LogP contribution in [0.4, 0.5) is 0 Å². The Hall–Kier alpha value is -7.80. The summed E-state index contributed by atoms with van der Waals surface area (Å²) in [4.78, 5) is 0. The minimum absolute atomic E-state index is 1.21. The maximum Gasteiger partial charge on any atom is -0.00139 e. The first kappa shape index (κ1) is 34.3. The normalized spacial score (nSPS) is 11.7. The lowest BCUT2D eigenvalue weighted by molar-refractivity contribution is 1.60. The lowest BCUT2D eigenvalue weighted by Crippen LogP contribution is -1.95. The molecule has 60 heavy (non-hydrogen) atoms. The first-order valence-electron chi connectivity index (χ1n) is 20.8. The first-order chi connectivity index (χ1) is 29.8. The van der Waals surface area contributed by atoms with Gasteiger partial charge in [0.25, 0.3) is 0 Å². The Kier molecular flexibility index (Phi) is 7.96. The standard InChI is InChI=1S/C60H38/c1-3-15-39(16-4-1)43-23-11-25-45(35-43)55-37-57(49-29-13-21-41-19-7-9-27-47(41)49)53-34-32-52-56(46-26-12-24-44(36-46)40-17-5-2-6-18-40)38-58(54-33-31-51(55)59(53)60(52)54)50-30-14-22-42-20-8-10-28-48(42)50/h1-38H. The van der Waals surface area contributed by atoms with Crippen molar-refractivity contribution in [2.45, 2.75) is 0 Å². The number of rotatable bonds is 6. The summed E-state index contributed by atoms with van der Waals surface area (Å²) in [5, 5.41) is 12.7. The SMILES string of the molecule is c1ccc(-c2cccc(-c3cc(-c4cccc5ccccc45)c4ccc5c(-c6cccc(-c7ccccc7)c6)cc(-c6cccc7ccccc67)c6ccc3c4c56)c2)cc1. The zero-order chi connectivity index (χ0) is 39.6. The van der Waals surface area contributed by atoms with E-state index in [9.17, 15) is 0 Å². The smallest absolute Gasteiger partial charge is 0.00139 e. The van der Waals surface area contributed by atoms with Crippen molar-refractivity contribution in [1.29, 1.82) is 0 Å². The van der Waals surface area contributed by atoms with E-state index in [2.05, 4.69) is 231 Å². The van der Waals surface area contributed by atoms with E-state index in [1.807, 2.05) is 0 Å². The fourth-order valence-corrected chi connectivity index (χ4v) is 9.83. The minimum atomic E-state index is 1.21. The third-order valence-electron chi connectivity index (χ3n) is 12.6. The van der Waals surface area contributed by atoms with Gasteiger partial charge in [-0.3, -0.25) is 0 Å². The second-order valence-corrected chi connectivity index (χ2v) is 16.0. The van der Waals surface area contributed by atoms with Gasteiger partial charge in [-0.05, 0) is 145 Å². The highest BCUT2D eigenvalue weighted by atomic mass is 14.3. The van der Waals surface area contributed by atoms with E-state index in [1.54, 1.807) is 0 Å². The van der Waals surface area contributed by atoms with Gasteiger partial charge in [0, 0.05) is 0 Å². The van der Waals surface area contributed by atoms with Crippen molar-refractivity contribution in [2.75, 3.05) is 0 Å². The molecule has 0 radical (unpaired) electrons. The Morgan fingerprint density at radius 3 is 0.950 bits per heavy atom. The average Bonchev–Trinajstić information content (AvgIpc) is 3.33. The van der Waals surface area contributed by atoms with Gasteiger partial charge in [-0.25, -0.2) is 0 Å². The van der Waals surface area contributed by atoms with Gasteiger partial charge in [-0.15, -0.1) is 0 Å². The summed E-state index contributed by atoms with van der Waals surface area (Å²) in [5.41, 5.74) is 14.7. The molecule has 0 aromatic heterocycles. The highest BCUT2D eigenvalue weighted by Crippen LogP contribution is 2.50. The maximum absolute atomic E-state index is 2.46. The molecule has 278 valence electrons. The average molecular weight is 759 g/mol. The van der Waals surface area contributed by atoms with Crippen LogP contribution in [0, 0.1) is 0 Å². The summed E-state index contributed by atoms with van der Waals surface area (Å²) in [6.07, 6.45) is 0. The van der Waals surface area contributed by atoms with E-state index in [1.165, 1.54) is 121 Å². The minimum Gasteiger partial charge on any atom is -0.0622 e. The van der Waals surface area contributed by atoms with Crippen LogP contribution in [0.2, 0.25) is 0 Å². The summed E-state index contributed by atoms with van der Waals surface area (Å²) in [5.74, 6) is 0. The molecule has 0 spiro atoms. The third-order valence-corrected chi connectivity index (χ3v) is 12.6. The summed E-state index contributed by atoms with van der Waals surface area (Å²) in [7, 11) is 0. The van der Waals surface area contributed by atoms with Gasteiger partial charge >= 0.3 is 0 Å². The Balaban J connectivity index is 1.23. The van der Waals surface area contributed by atoms with Crippen molar-refractivity contribution in [2.24, 2.45) is 0 Å². The van der Waals surface area contributed by atoms with E-state index >= 15 is 0 Å². The van der Waals surface area contributed by atoms with Gasteiger partial charge in [0.05, 0.1) is 0 Å². The molecule has 0 amide bonds. The summed E-state index contributed by atoms with van der Waals surface area (Å²) in [6, 6.07) is 85.3. The van der Waals surface area contributed by atoms with Crippen LogP contribution in [-0.2, 0) is 0 Å². The van der Waals surface area contributed by atoms with Crippen LogP contribution in [0.25, 0.3) is 121 Å². The van der Waals surface area contributed by atoms with Gasteiger partial charge in [-0.1, -0.05) is 206 Å². The molecular weight excluding hydrogens is 721 g/mol. The topological polar surface area (TPSA) is 0 Å². The molecule has 0 saturated heterocycles. The molecule has 0 bridgehead atoms. The Labute approximate surface area is 349 Å². The fraction of sp³-hybridized carbons (Fsp3) is 0. The molecule has 0 aliphatic carbocycles. The van der Waals surface area contributed by atoms with E-state index in [-0.39, 0.29) is 0 Å². The maximum atomic E-state index is 2.46. The van der Waals surface area contributed by atoms with Crippen molar-refractivity contribution in [3.8, 4) is 66.8 Å². The second-order valence-electron chi connectivity index (χ2n) is 16.0. The second kappa shape index (κ2) is 13.9. The van der Waals surface area contributed by atoms with Crippen molar-refractivity contribution in [1.82, 2.24) is 0 Å². The lowest BCUT2D eigenvalue weighted by atomic mass is 9.81. The third kappa shape index (κ3) is 5.53. The van der Waals surface area contributed by atoms with Crippen LogP contribution < -0.4 is 0 Å². The molecule has 0 saturated carbocycles. The molecule has 12 aromatic rings. The molecule has 0 heterocycles. The summed E-state index contributed by atoms with van der Waals surface area (Å²) >= 11 is 0. The molecule has 0 unspecified atom stereocenters. The molecule has 0 aliphatic heterocycles. The van der Waals surface area contributed by atoms with Crippen LogP contribution in [0.3, 0.4) is 0 Å². The van der Waals surface area contributed by atoms with Crippen LogP contribution in [0.1, 0.15) is 0 Å². The van der Waals surface area contributed by atoms with E-state index < -0.39 is 0 Å². The molecular formula is C60H38. The van der Waals surface area contributed by atoms with Crippen LogP contribution >= 0.6 is 0 Å². The number of hydrogen-bond acceptors (Lipinski definition) is 0. The molecule has 0 nitrogen and oxygen atoms in total. The molecule has 12 rings (SSSR count). The molecule has 0 aliphatic rings. The van der Waals surface area contributed by atoms with Gasteiger partial charge < -0.3 is 0 Å². The highest BCUT2D eigenvalue weighted by molar-refractivity contribution is 6.33. The van der Waals surface area contributed by atoms with Gasteiger partial charge in [-0.2, -0.15) is 0 Å². The quantitative estimate of drug-likeness (QED) is 0.148. The molecule has 0 fully saturated rings. The number of benzene rings is 12. The first-order valence-corrected chi connectivity index (χ1v) is 20.8. The fourth-order valence-electron chi connectivity index (χ4n) is 9.83. The van der Waals surface area contributed by atoms with Crippen LogP contribution in [-0.4, -0.2) is 0 Å². The molecule has 0 N–H and O–H groups in total. The Morgan fingerprint density at radius 2 is 0.500 bits per heavy atom. The van der Waals surface area contributed by atoms with Crippen LogP contribution in [0.5, 0.6) is 0 Å². The molecule has 12 aromatic carbocycles. The highest BCUT2D eigenvalue weighted by Gasteiger charge is 2.22. The van der Waals surface area contributed by atoms with Crippen LogP contribution in [0.15, 0.2) is 231 Å². The van der Waals surface area contributed by atoms with Crippen molar-refractivity contribution in [3.05, 3.63) is 231 Å². The number of hydrogen-bond donors (Lipinski definition) is 0. The van der Waals surface area contributed by atoms with E-state index in [4.69, 9.17) is 0 Å². The van der Waals surface area contributed by atoms with E-state index in [0.717, 1.165) is 0 Å². The zero-order valence-electron chi connectivity index (χ0n) is 32.9. The predicted molar refractivity (Wildman–Crippen MR) is 258 cm³/mol. The monoisotopic (exact) mass is 758 g/mol. The summed E-state index contributed by atoms with van der Waals surface area (Å²) < 4.78 is 0.